The van der Waals surface area contributed by atoms with Gasteiger partial charge in [-0.15, -0.1) is 5.10 Å². The molecule has 0 aliphatic carbocycles. The van der Waals surface area contributed by atoms with Crippen molar-refractivity contribution in [1.82, 2.24) is 45.1 Å². The van der Waals surface area contributed by atoms with Crippen molar-refractivity contribution in [3.63, 3.8) is 0 Å². The Morgan fingerprint density at radius 2 is 1.48 bits per heavy atom. The molecule has 2 aliphatic rings. The lowest BCUT2D eigenvalue weighted by Gasteiger charge is -2.55. The number of esters is 1. The summed E-state index contributed by atoms with van der Waals surface area (Å²) in [6.45, 7) is 2.69. The van der Waals surface area contributed by atoms with Gasteiger partial charge in [0.1, 0.15) is 18.0 Å². The largest absolute Gasteiger partial charge is 0.427 e. The van der Waals surface area contributed by atoms with Crippen LogP contribution in [0.25, 0.3) is 16.6 Å². The fourth-order valence-electron chi connectivity index (χ4n) is 8.98. The van der Waals surface area contributed by atoms with Gasteiger partial charge < -0.3 is 19.9 Å². The van der Waals surface area contributed by atoms with E-state index in [0.29, 0.717) is 17.9 Å². The number of hydrogen-bond acceptors (Lipinski definition) is 9. The summed E-state index contributed by atoms with van der Waals surface area (Å²) < 4.78 is 7.37. The molecule has 1 N–H and O–H groups in total. The van der Waals surface area contributed by atoms with Crippen LogP contribution in [0.2, 0.25) is 0 Å². The summed E-state index contributed by atoms with van der Waals surface area (Å²) in [5.41, 5.74) is 4.76. The molecule has 6 aromatic rings. The van der Waals surface area contributed by atoms with E-state index in [2.05, 4.69) is 27.5 Å². The topological polar surface area (TPSA) is 146 Å². The van der Waals surface area contributed by atoms with Gasteiger partial charge in [-0.2, -0.15) is 5.01 Å². The van der Waals surface area contributed by atoms with Gasteiger partial charge in [-0.05, 0) is 59.5 Å². The zero-order valence-corrected chi connectivity index (χ0v) is 37.7. The number of carbonyl (C=O) groups excluding carboxylic acids is 4. The monoisotopic (exact) mass is 889 g/mol. The van der Waals surface area contributed by atoms with E-state index in [4.69, 9.17) is 4.74 Å². The summed E-state index contributed by atoms with van der Waals surface area (Å²) in [5.74, 6) is -0.376. The van der Waals surface area contributed by atoms with Gasteiger partial charge in [0.25, 0.3) is 0 Å². The third kappa shape index (κ3) is 11.5. The number of urea groups is 1. The Morgan fingerprint density at radius 1 is 0.758 bits per heavy atom. The number of unbranched alkanes of at least 4 members (excludes halogenated alkanes) is 8. The first-order chi connectivity index (χ1) is 32.3. The van der Waals surface area contributed by atoms with Crippen molar-refractivity contribution in [1.29, 1.82) is 0 Å². The van der Waals surface area contributed by atoms with Gasteiger partial charge in [0.2, 0.25) is 11.8 Å². The van der Waals surface area contributed by atoms with Crippen LogP contribution in [-0.4, -0.2) is 88.9 Å². The van der Waals surface area contributed by atoms with Crippen molar-refractivity contribution in [3.8, 4) is 11.4 Å². The number of benzene rings is 4. The van der Waals surface area contributed by atoms with Crippen LogP contribution in [0.1, 0.15) is 93.5 Å². The number of para-hydroxylation sites is 1. The number of hydrazine groups is 1. The highest BCUT2D eigenvalue weighted by atomic mass is 16.5. The molecule has 4 amide bonds. The Bertz CT molecular complexity index is 2550. The standard InChI is InChI=1S/C52H59N9O5/c1-2-3-4-5-6-7-8-9-16-26-50(63)66-44-29-27-39(28-30-44)32-47-51(64)57(34-41-21-17-25-46-45(41)24-18-31-53-46)37-48-60(47)49(62)38-58(61(48)52(65)54-33-40-19-12-10-13-20-40)35-42-36-59(56-55-42)43-22-14-11-15-23-43/h10-15,17-25,27-31,36,47-48H,2-9,16,26,32-35,37-38H2,1H3,(H,54,65)/t47-,48-/m0/s1. The zero-order chi connectivity index (χ0) is 45.7. The first-order valence-corrected chi connectivity index (χ1v) is 23.4. The fraction of sp³-hybridized carbons (Fsp3) is 0.365. The molecule has 0 bridgehead atoms. The number of pyridine rings is 1. The molecule has 2 saturated heterocycles. The number of nitrogens with one attached hydrogen (secondary N) is 1. The number of carbonyl (C=O) groups is 4. The summed E-state index contributed by atoms with van der Waals surface area (Å²) in [5, 5.41) is 16.1. The van der Waals surface area contributed by atoms with Crippen molar-refractivity contribution >= 4 is 34.7 Å². The number of fused-ring (bicyclic) bond motifs is 2. The maximum Gasteiger partial charge on any atom is 0.334 e. The molecular formula is C52H59N9O5. The highest BCUT2D eigenvalue weighted by Gasteiger charge is 2.51. The number of rotatable bonds is 20. The van der Waals surface area contributed by atoms with E-state index in [1.54, 1.807) is 49.0 Å². The van der Waals surface area contributed by atoms with Crippen molar-refractivity contribution in [3.05, 3.63) is 150 Å². The third-order valence-corrected chi connectivity index (χ3v) is 12.4. The van der Waals surface area contributed by atoms with Gasteiger partial charge in [-0.25, -0.2) is 14.5 Å². The smallest absolute Gasteiger partial charge is 0.334 e. The normalized spacial score (nSPS) is 16.4. The maximum absolute atomic E-state index is 14.9. The number of nitrogens with zero attached hydrogens (tertiary/aromatic N) is 8. The summed E-state index contributed by atoms with van der Waals surface area (Å²) >= 11 is 0. The van der Waals surface area contributed by atoms with Crippen LogP contribution in [0.4, 0.5) is 4.79 Å². The van der Waals surface area contributed by atoms with Crippen LogP contribution >= 0.6 is 0 Å². The summed E-state index contributed by atoms with van der Waals surface area (Å²) in [6, 6.07) is 34.7. The van der Waals surface area contributed by atoms with Crippen molar-refractivity contribution in [2.45, 2.75) is 109 Å². The second-order valence-corrected chi connectivity index (χ2v) is 17.2. The van der Waals surface area contributed by atoms with E-state index in [-0.39, 0.29) is 56.9 Å². The Hall–Kier alpha value is -6.93. The Morgan fingerprint density at radius 3 is 2.24 bits per heavy atom. The van der Waals surface area contributed by atoms with Gasteiger partial charge in [0, 0.05) is 37.5 Å². The highest BCUT2D eigenvalue weighted by molar-refractivity contribution is 5.92. The molecule has 2 atom stereocenters. The lowest BCUT2D eigenvalue weighted by atomic mass is 9.97. The molecule has 2 aromatic heterocycles. The van der Waals surface area contributed by atoms with E-state index >= 15 is 0 Å². The number of piperazine rings is 1. The van der Waals surface area contributed by atoms with Gasteiger partial charge in [-0.3, -0.25) is 19.4 Å². The third-order valence-electron chi connectivity index (χ3n) is 12.4. The minimum Gasteiger partial charge on any atom is -0.427 e. The van der Waals surface area contributed by atoms with Gasteiger partial charge in [-0.1, -0.05) is 142 Å². The van der Waals surface area contributed by atoms with Crippen LogP contribution in [0.5, 0.6) is 5.75 Å². The second-order valence-electron chi connectivity index (χ2n) is 17.2. The van der Waals surface area contributed by atoms with Crippen LogP contribution in [0.15, 0.2) is 128 Å². The zero-order valence-electron chi connectivity index (χ0n) is 37.7. The van der Waals surface area contributed by atoms with Crippen molar-refractivity contribution < 1.29 is 23.9 Å². The maximum atomic E-state index is 14.9. The summed E-state index contributed by atoms with van der Waals surface area (Å²) in [4.78, 5) is 64.8. The van der Waals surface area contributed by atoms with Crippen LogP contribution in [0.3, 0.4) is 0 Å². The number of amides is 4. The molecule has 14 nitrogen and oxygen atoms in total. The highest BCUT2D eigenvalue weighted by Crippen LogP contribution is 2.31. The van der Waals surface area contributed by atoms with Gasteiger partial charge in [0.15, 0.2) is 0 Å². The number of ether oxygens (including phenoxy) is 1. The molecule has 0 radical (unpaired) electrons. The Kier molecular flexibility index (Phi) is 15.4. The minimum atomic E-state index is -0.949. The fourth-order valence-corrected chi connectivity index (χ4v) is 8.98. The van der Waals surface area contributed by atoms with Gasteiger partial charge >= 0.3 is 12.0 Å². The van der Waals surface area contributed by atoms with Crippen LogP contribution in [0, 0.1) is 0 Å². The molecule has 4 heterocycles. The molecule has 8 rings (SSSR count). The molecule has 4 aromatic carbocycles. The number of aromatic nitrogens is 4. The molecule has 342 valence electrons. The van der Waals surface area contributed by atoms with E-state index in [1.165, 1.54) is 38.5 Å². The first-order valence-electron chi connectivity index (χ1n) is 23.4. The molecule has 2 aliphatic heterocycles. The predicted octanol–water partition coefficient (Wildman–Crippen LogP) is 8.39. The second kappa shape index (κ2) is 22.3. The van der Waals surface area contributed by atoms with Crippen LogP contribution in [-0.2, 0) is 40.4 Å². The minimum absolute atomic E-state index is 0.0531. The molecule has 0 unspecified atom stereocenters. The van der Waals surface area contributed by atoms with Crippen LogP contribution < -0.4 is 10.1 Å². The SMILES string of the molecule is CCCCCCCCCCCC(=O)Oc1ccc(C[C@H]2C(=O)N(Cc3cccc4ncccc34)C[C@H]3N2C(=O)CN(Cc2cn(-c4ccccc4)nn2)N3C(=O)NCc2ccccc2)cc1. The van der Waals surface area contributed by atoms with Crippen molar-refractivity contribution in [2.24, 2.45) is 0 Å². The average Bonchev–Trinajstić information content (AvgIpc) is 3.81. The quantitative estimate of drug-likeness (QED) is 0.0454. The molecule has 14 heteroatoms. The Labute approximate surface area is 386 Å². The van der Waals surface area contributed by atoms with Crippen molar-refractivity contribution in [2.75, 3.05) is 13.1 Å². The predicted molar refractivity (Wildman–Crippen MR) is 251 cm³/mol. The van der Waals surface area contributed by atoms with Gasteiger partial charge in [0.05, 0.1) is 42.7 Å². The molecule has 2 fully saturated rings. The lowest BCUT2D eigenvalue weighted by molar-refractivity contribution is -0.192. The van der Waals surface area contributed by atoms with E-state index in [0.717, 1.165) is 52.5 Å². The average molecular weight is 890 g/mol. The molecule has 0 saturated carbocycles. The molecule has 66 heavy (non-hydrogen) atoms. The Balaban J connectivity index is 1.04. The summed E-state index contributed by atoms with van der Waals surface area (Å²) in [7, 11) is 0. The molecular weight excluding hydrogens is 831 g/mol. The van der Waals surface area contributed by atoms with E-state index in [1.807, 2.05) is 103 Å². The summed E-state index contributed by atoms with van der Waals surface area (Å²) in [6.07, 6.45) is 13.7. The first kappa shape index (κ1) is 45.6. The molecule has 0 spiro atoms. The van der Waals surface area contributed by atoms with E-state index in [9.17, 15) is 19.2 Å². The number of hydrogen-bond donors (Lipinski definition) is 1. The van der Waals surface area contributed by atoms with E-state index < -0.39 is 18.2 Å². The lowest BCUT2D eigenvalue weighted by Crippen LogP contribution is -2.76.